The Bertz CT molecular complexity index is 936. The smallest absolute Gasteiger partial charge is 0.241 e. The van der Waals surface area contributed by atoms with Gasteiger partial charge in [0.25, 0.3) is 0 Å². The zero-order valence-electron chi connectivity index (χ0n) is 14.9. The first-order chi connectivity index (χ1) is 12.4. The van der Waals surface area contributed by atoms with Crippen LogP contribution in [-0.4, -0.2) is 33.2 Å². The van der Waals surface area contributed by atoms with Gasteiger partial charge in [-0.1, -0.05) is 42.8 Å². The molecule has 26 heavy (non-hydrogen) atoms. The molecule has 1 N–H and O–H groups in total. The maximum Gasteiger partial charge on any atom is 0.241 e. The summed E-state index contributed by atoms with van der Waals surface area (Å²) in [6, 6.07) is 13.3. The average Bonchev–Trinajstić information content (AvgIpc) is 3.21. The topological polar surface area (TPSA) is 66.5 Å². The maximum atomic E-state index is 12.6. The van der Waals surface area contributed by atoms with Crippen LogP contribution >= 0.6 is 0 Å². The molecule has 4 rings (SSSR count). The van der Waals surface area contributed by atoms with Crippen molar-refractivity contribution in [3.8, 4) is 0 Å². The lowest BCUT2D eigenvalue weighted by atomic mass is 9.95. The Morgan fingerprint density at radius 3 is 2.58 bits per heavy atom. The fourth-order valence-corrected chi connectivity index (χ4v) is 5.48. The predicted molar refractivity (Wildman–Crippen MR) is 104 cm³/mol. The number of sulfonamides is 1. The standard InChI is InChI=1S/C20H24N2O3S/c1-26(24,25)22(19-8-4-6-15-5-2-3-7-17(15)19)13-20(23)21-18-12-14-9-10-16(18)11-14/h2-8,14,16,18H,9-13H2,1H3,(H,21,23)/t14-,16+,18-/m0/s1. The lowest BCUT2D eigenvalue weighted by Crippen LogP contribution is -2.45. The molecule has 2 aliphatic carbocycles. The third kappa shape index (κ3) is 3.30. The van der Waals surface area contributed by atoms with Crippen molar-refractivity contribution in [3.63, 3.8) is 0 Å². The monoisotopic (exact) mass is 372 g/mol. The van der Waals surface area contributed by atoms with Crippen LogP contribution in [0.3, 0.4) is 0 Å². The first-order valence-corrected chi connectivity index (χ1v) is 11.0. The van der Waals surface area contributed by atoms with Crippen LogP contribution in [0.15, 0.2) is 42.5 Å². The van der Waals surface area contributed by atoms with E-state index in [4.69, 9.17) is 0 Å². The fourth-order valence-electron chi connectivity index (χ4n) is 4.61. The van der Waals surface area contributed by atoms with Gasteiger partial charge < -0.3 is 5.32 Å². The van der Waals surface area contributed by atoms with Gasteiger partial charge in [-0.05, 0) is 42.6 Å². The number of fused-ring (bicyclic) bond motifs is 3. The van der Waals surface area contributed by atoms with E-state index < -0.39 is 10.0 Å². The van der Waals surface area contributed by atoms with E-state index in [2.05, 4.69) is 5.32 Å². The van der Waals surface area contributed by atoms with Gasteiger partial charge in [0.15, 0.2) is 0 Å². The summed E-state index contributed by atoms with van der Waals surface area (Å²) < 4.78 is 26.1. The molecule has 2 aromatic rings. The molecule has 0 aliphatic heterocycles. The summed E-state index contributed by atoms with van der Waals surface area (Å²) in [5, 5.41) is 4.86. The molecular formula is C20H24N2O3S. The predicted octanol–water partition coefficient (Wildman–Crippen LogP) is 2.91. The molecule has 2 bridgehead atoms. The van der Waals surface area contributed by atoms with Crippen LogP contribution in [0.2, 0.25) is 0 Å². The summed E-state index contributed by atoms with van der Waals surface area (Å²) >= 11 is 0. The first-order valence-electron chi connectivity index (χ1n) is 9.16. The minimum Gasteiger partial charge on any atom is -0.352 e. The Morgan fingerprint density at radius 2 is 1.88 bits per heavy atom. The van der Waals surface area contributed by atoms with Crippen molar-refractivity contribution < 1.29 is 13.2 Å². The Hall–Kier alpha value is -2.08. The molecule has 0 unspecified atom stereocenters. The molecule has 3 atom stereocenters. The molecule has 0 aromatic heterocycles. The average molecular weight is 372 g/mol. The highest BCUT2D eigenvalue weighted by Gasteiger charge is 2.40. The molecule has 2 fully saturated rings. The van der Waals surface area contributed by atoms with Gasteiger partial charge >= 0.3 is 0 Å². The summed E-state index contributed by atoms with van der Waals surface area (Å²) in [7, 11) is -3.58. The number of benzene rings is 2. The van der Waals surface area contributed by atoms with Crippen molar-refractivity contribution >= 4 is 32.4 Å². The lowest BCUT2D eigenvalue weighted by Gasteiger charge is -2.27. The lowest BCUT2D eigenvalue weighted by molar-refractivity contribution is -0.120. The third-order valence-electron chi connectivity index (χ3n) is 5.81. The normalized spacial score (nSPS) is 24.7. The number of amides is 1. The zero-order chi connectivity index (χ0) is 18.3. The number of anilines is 1. The maximum absolute atomic E-state index is 12.6. The van der Waals surface area contributed by atoms with E-state index in [1.165, 1.54) is 23.6 Å². The van der Waals surface area contributed by atoms with E-state index >= 15 is 0 Å². The molecular weight excluding hydrogens is 348 g/mol. The van der Waals surface area contributed by atoms with Crippen molar-refractivity contribution in [2.75, 3.05) is 17.1 Å². The molecule has 2 aromatic carbocycles. The van der Waals surface area contributed by atoms with Gasteiger partial charge in [-0.2, -0.15) is 0 Å². The van der Waals surface area contributed by atoms with Crippen molar-refractivity contribution in [3.05, 3.63) is 42.5 Å². The van der Waals surface area contributed by atoms with E-state index in [0.29, 0.717) is 11.6 Å². The van der Waals surface area contributed by atoms with Gasteiger partial charge in [-0.3, -0.25) is 9.10 Å². The first kappa shape index (κ1) is 17.3. The van der Waals surface area contributed by atoms with E-state index in [-0.39, 0.29) is 18.5 Å². The molecule has 1 amide bonds. The number of nitrogens with one attached hydrogen (secondary N) is 1. The molecule has 2 aliphatic rings. The van der Waals surface area contributed by atoms with E-state index in [1.54, 1.807) is 6.07 Å². The second-order valence-electron chi connectivity index (χ2n) is 7.62. The molecule has 5 nitrogen and oxygen atoms in total. The van der Waals surface area contributed by atoms with Crippen LogP contribution in [-0.2, 0) is 14.8 Å². The highest BCUT2D eigenvalue weighted by Crippen LogP contribution is 2.44. The van der Waals surface area contributed by atoms with Gasteiger partial charge in [0.1, 0.15) is 6.54 Å². The van der Waals surface area contributed by atoms with Crippen molar-refractivity contribution in [1.82, 2.24) is 5.32 Å². The number of hydrogen-bond donors (Lipinski definition) is 1. The molecule has 0 spiro atoms. The van der Waals surface area contributed by atoms with Crippen LogP contribution in [0, 0.1) is 11.8 Å². The largest absolute Gasteiger partial charge is 0.352 e. The van der Waals surface area contributed by atoms with Crippen LogP contribution < -0.4 is 9.62 Å². The van der Waals surface area contributed by atoms with Crippen LogP contribution in [0.4, 0.5) is 5.69 Å². The van der Waals surface area contributed by atoms with Gasteiger partial charge in [-0.25, -0.2) is 8.42 Å². The van der Waals surface area contributed by atoms with Gasteiger partial charge in [0, 0.05) is 11.4 Å². The van der Waals surface area contributed by atoms with Crippen LogP contribution in [0.25, 0.3) is 10.8 Å². The second-order valence-corrected chi connectivity index (χ2v) is 9.52. The summed E-state index contributed by atoms with van der Waals surface area (Å²) in [5.74, 6) is 1.07. The van der Waals surface area contributed by atoms with Crippen molar-refractivity contribution in [2.45, 2.75) is 31.7 Å². The van der Waals surface area contributed by atoms with Crippen molar-refractivity contribution in [1.29, 1.82) is 0 Å². The quantitative estimate of drug-likeness (QED) is 0.878. The molecule has 0 heterocycles. The third-order valence-corrected chi connectivity index (χ3v) is 6.93. The number of rotatable bonds is 5. The second kappa shape index (κ2) is 6.58. The highest BCUT2D eigenvalue weighted by molar-refractivity contribution is 7.92. The Kier molecular flexibility index (Phi) is 4.39. The zero-order valence-corrected chi connectivity index (χ0v) is 15.7. The molecule has 2 saturated carbocycles. The van der Waals surface area contributed by atoms with Crippen LogP contribution in [0.5, 0.6) is 0 Å². The molecule has 138 valence electrons. The van der Waals surface area contributed by atoms with Crippen LogP contribution in [0.1, 0.15) is 25.7 Å². The number of hydrogen-bond acceptors (Lipinski definition) is 3. The summed E-state index contributed by atoms with van der Waals surface area (Å²) in [4.78, 5) is 12.6. The summed E-state index contributed by atoms with van der Waals surface area (Å²) in [6.07, 6.45) is 5.82. The highest BCUT2D eigenvalue weighted by atomic mass is 32.2. The van der Waals surface area contributed by atoms with Gasteiger partial charge in [0.2, 0.25) is 15.9 Å². The van der Waals surface area contributed by atoms with Gasteiger partial charge in [-0.15, -0.1) is 0 Å². The summed E-state index contributed by atoms with van der Waals surface area (Å²) in [6.45, 7) is -0.180. The molecule has 6 heteroatoms. The Morgan fingerprint density at radius 1 is 1.12 bits per heavy atom. The van der Waals surface area contributed by atoms with Gasteiger partial charge in [0.05, 0.1) is 11.9 Å². The number of carbonyl (C=O) groups is 1. The number of carbonyl (C=O) groups excluding carboxylic acids is 1. The minimum atomic E-state index is -3.58. The van der Waals surface area contributed by atoms with Crippen molar-refractivity contribution in [2.24, 2.45) is 11.8 Å². The molecule has 0 radical (unpaired) electrons. The Labute approximate surface area is 154 Å². The number of nitrogens with zero attached hydrogens (tertiary/aromatic N) is 1. The fraction of sp³-hybridized carbons (Fsp3) is 0.450. The van der Waals surface area contributed by atoms with E-state index in [0.717, 1.165) is 29.4 Å². The SMILES string of the molecule is CS(=O)(=O)N(CC(=O)N[C@H]1C[C@H]2CC[C@@H]1C2)c1cccc2ccccc12. The van der Waals surface area contributed by atoms with E-state index in [9.17, 15) is 13.2 Å². The summed E-state index contributed by atoms with van der Waals surface area (Å²) in [5.41, 5.74) is 0.550. The van der Waals surface area contributed by atoms with E-state index in [1.807, 2.05) is 36.4 Å². The minimum absolute atomic E-state index is 0.180. The Balaban J connectivity index is 1.58. The molecule has 0 saturated heterocycles.